The van der Waals surface area contributed by atoms with Crippen LogP contribution in [0.3, 0.4) is 0 Å². The molecule has 0 spiro atoms. The molecule has 13 heteroatoms. The van der Waals surface area contributed by atoms with Gasteiger partial charge < -0.3 is 5.32 Å². The molecule has 0 bridgehead atoms. The number of hydrogen-bond acceptors (Lipinski definition) is 5. The van der Waals surface area contributed by atoms with Crippen LogP contribution in [0.1, 0.15) is 66.3 Å². The molecule has 0 saturated carbocycles. The molecule has 1 N–H and O–H groups in total. The van der Waals surface area contributed by atoms with Gasteiger partial charge in [-0.1, -0.05) is 48.5 Å². The van der Waals surface area contributed by atoms with Crippen LogP contribution < -0.4 is 10.2 Å². The minimum absolute atomic E-state index is 0.0470. The number of nitrogens with zero attached hydrogens (tertiary/aromatic N) is 4. The van der Waals surface area contributed by atoms with Crippen molar-refractivity contribution in [2.24, 2.45) is 0 Å². The number of rotatable bonds is 8. The Morgan fingerprint density at radius 3 is 2.10 bits per heavy atom. The predicted molar refractivity (Wildman–Crippen MR) is 178 cm³/mol. The first kappa shape index (κ1) is 33.4. The van der Waals surface area contributed by atoms with Crippen LogP contribution in [0.25, 0.3) is 5.69 Å². The third-order valence-electron chi connectivity index (χ3n) is 9.14. The molecule has 0 saturated heterocycles. The average Bonchev–Trinajstić information content (AvgIpc) is 3.62. The molecule has 2 atom stereocenters. The van der Waals surface area contributed by atoms with Crippen molar-refractivity contribution in [3.63, 3.8) is 0 Å². The minimum Gasteiger partial charge on any atom is -0.339 e. The van der Waals surface area contributed by atoms with Crippen molar-refractivity contribution >= 4 is 29.4 Å². The number of carbonyl (C=O) groups excluding carboxylic acids is 4. The first-order valence-corrected chi connectivity index (χ1v) is 16.1. The van der Waals surface area contributed by atoms with Gasteiger partial charge in [0.05, 0.1) is 28.1 Å². The first-order valence-electron chi connectivity index (χ1n) is 16.1. The maximum absolute atomic E-state index is 14.5. The summed E-state index contributed by atoms with van der Waals surface area (Å²) in [5.41, 5.74) is 1.10. The molecule has 7 rings (SSSR count). The molecule has 4 aromatic carbocycles. The van der Waals surface area contributed by atoms with Crippen LogP contribution in [-0.2, 0) is 17.4 Å². The zero-order valence-electron chi connectivity index (χ0n) is 27.0. The number of likely N-dealkylation sites (N-methyl/N-ethyl adjacent to an activating group) is 1. The number of nitrogens with one attached hydrogen (secondary N) is 1. The van der Waals surface area contributed by atoms with Gasteiger partial charge in [-0.15, -0.1) is 0 Å². The summed E-state index contributed by atoms with van der Waals surface area (Å²) in [7, 11) is 0. The Bertz CT molecular complexity index is 2150. The number of carbonyl (C=O) groups is 4. The fraction of sp³-hybridized carbons (Fsp3) is 0.184. The lowest BCUT2D eigenvalue weighted by molar-refractivity contribution is -0.137. The molecule has 51 heavy (non-hydrogen) atoms. The largest absolute Gasteiger partial charge is 0.416 e. The van der Waals surface area contributed by atoms with E-state index in [2.05, 4.69) is 5.32 Å². The van der Waals surface area contributed by atoms with E-state index in [4.69, 9.17) is 5.10 Å². The van der Waals surface area contributed by atoms with Gasteiger partial charge >= 0.3 is 6.18 Å². The SMILES string of the molecule is CCN1C(=O)[C@@H](NC(=O)c2cccc(C(F)(F)F)c2)[C@@H](c2ccc(F)cc2)c2c(CCN3C(=O)c4ccccc4C3=O)nn(-c3ccccc3)c21. The number of anilines is 1. The van der Waals surface area contributed by atoms with Gasteiger partial charge in [-0.05, 0) is 67.1 Å². The fourth-order valence-corrected chi connectivity index (χ4v) is 6.76. The Morgan fingerprint density at radius 2 is 1.47 bits per heavy atom. The van der Waals surface area contributed by atoms with E-state index in [0.29, 0.717) is 34.4 Å². The normalized spacial score (nSPS) is 17.1. The molecule has 2 aliphatic heterocycles. The number of halogens is 4. The van der Waals surface area contributed by atoms with Crippen LogP contribution in [0.15, 0.2) is 103 Å². The molecular formula is C38H29F4N5O4. The van der Waals surface area contributed by atoms with E-state index in [1.807, 2.05) is 6.07 Å². The van der Waals surface area contributed by atoms with Crippen molar-refractivity contribution in [3.8, 4) is 5.69 Å². The lowest BCUT2D eigenvalue weighted by atomic mass is 9.80. The van der Waals surface area contributed by atoms with Crippen LogP contribution >= 0.6 is 0 Å². The van der Waals surface area contributed by atoms with E-state index in [0.717, 1.165) is 17.0 Å². The Labute approximate surface area is 289 Å². The molecule has 1 aromatic heterocycles. The van der Waals surface area contributed by atoms with Crippen molar-refractivity contribution in [2.45, 2.75) is 31.5 Å². The number of aromatic nitrogens is 2. The van der Waals surface area contributed by atoms with Crippen LogP contribution in [0.5, 0.6) is 0 Å². The highest BCUT2D eigenvalue weighted by atomic mass is 19.4. The Balaban J connectivity index is 1.36. The zero-order chi connectivity index (χ0) is 36.0. The number of imide groups is 1. The van der Waals surface area contributed by atoms with Gasteiger partial charge in [0.25, 0.3) is 23.6 Å². The number of fused-ring (bicyclic) bond motifs is 2. The van der Waals surface area contributed by atoms with E-state index in [1.165, 1.54) is 35.2 Å². The average molecular weight is 696 g/mol. The third kappa shape index (κ3) is 5.94. The van der Waals surface area contributed by atoms with E-state index in [1.54, 1.807) is 60.1 Å². The minimum atomic E-state index is -4.71. The van der Waals surface area contributed by atoms with Crippen molar-refractivity contribution in [3.05, 3.63) is 148 Å². The lowest BCUT2D eigenvalue weighted by Gasteiger charge is -2.38. The standard InChI is InChI=1S/C38H29F4N5O4/c1-2-45-34-31(29(44-47(34)26-11-4-3-5-12-26)19-20-46-35(49)27-13-6-7-14-28(27)36(46)50)30(22-15-17-25(39)18-16-22)32(37(45)51)43-33(48)23-9-8-10-24(21-23)38(40,41)42/h3-18,21,30,32H,2,19-20H2,1H3,(H,43,48)/t30-,32-/m0/s1. The summed E-state index contributed by atoms with van der Waals surface area (Å²) in [6, 6.07) is 23.3. The number of benzene rings is 4. The van der Waals surface area contributed by atoms with Gasteiger partial charge in [0.15, 0.2) is 0 Å². The lowest BCUT2D eigenvalue weighted by Crippen LogP contribution is -2.55. The van der Waals surface area contributed by atoms with E-state index in [-0.39, 0.29) is 36.2 Å². The second kappa shape index (κ2) is 13.0. The van der Waals surface area contributed by atoms with Crippen LogP contribution in [-0.4, -0.2) is 57.4 Å². The summed E-state index contributed by atoms with van der Waals surface area (Å²) in [6.07, 6.45) is -4.66. The predicted octanol–water partition coefficient (Wildman–Crippen LogP) is 6.17. The first-order chi connectivity index (χ1) is 24.5. The molecule has 0 unspecified atom stereocenters. The molecule has 258 valence electrons. The summed E-state index contributed by atoms with van der Waals surface area (Å²) in [5.74, 6) is -3.59. The number of alkyl halides is 3. The summed E-state index contributed by atoms with van der Waals surface area (Å²) >= 11 is 0. The number of hydrogen-bond donors (Lipinski definition) is 1. The highest BCUT2D eigenvalue weighted by Crippen LogP contribution is 2.44. The maximum Gasteiger partial charge on any atom is 0.416 e. The smallest absolute Gasteiger partial charge is 0.339 e. The molecule has 0 fully saturated rings. The molecular weight excluding hydrogens is 666 g/mol. The van der Waals surface area contributed by atoms with E-state index >= 15 is 0 Å². The molecule has 4 amide bonds. The Hall–Kier alpha value is -6.11. The van der Waals surface area contributed by atoms with Crippen LogP contribution in [0.4, 0.5) is 23.4 Å². The van der Waals surface area contributed by atoms with Gasteiger partial charge in [-0.25, -0.2) is 9.07 Å². The Morgan fingerprint density at radius 1 is 0.824 bits per heavy atom. The molecule has 2 aliphatic rings. The monoisotopic (exact) mass is 695 g/mol. The Kier molecular flexibility index (Phi) is 8.49. The van der Waals surface area contributed by atoms with Crippen molar-refractivity contribution in [2.75, 3.05) is 18.0 Å². The molecule has 5 aromatic rings. The number of amides is 4. The third-order valence-corrected chi connectivity index (χ3v) is 9.14. The summed E-state index contributed by atoms with van der Waals surface area (Å²) in [5, 5.41) is 7.60. The molecule has 3 heterocycles. The molecule has 0 radical (unpaired) electrons. The van der Waals surface area contributed by atoms with Gasteiger partial charge in [0.2, 0.25) is 0 Å². The van der Waals surface area contributed by atoms with Crippen molar-refractivity contribution in [1.29, 1.82) is 0 Å². The second-order valence-electron chi connectivity index (χ2n) is 12.1. The van der Waals surface area contributed by atoms with E-state index in [9.17, 15) is 36.7 Å². The zero-order valence-corrected chi connectivity index (χ0v) is 27.0. The maximum atomic E-state index is 14.5. The van der Waals surface area contributed by atoms with Gasteiger partial charge in [0.1, 0.15) is 17.7 Å². The summed E-state index contributed by atoms with van der Waals surface area (Å²) in [4.78, 5) is 57.2. The second-order valence-corrected chi connectivity index (χ2v) is 12.1. The van der Waals surface area contributed by atoms with Gasteiger partial charge in [-0.3, -0.25) is 29.0 Å². The van der Waals surface area contributed by atoms with Crippen LogP contribution in [0.2, 0.25) is 0 Å². The van der Waals surface area contributed by atoms with Crippen LogP contribution in [0, 0.1) is 5.82 Å². The van der Waals surface area contributed by atoms with Gasteiger partial charge in [0, 0.05) is 36.6 Å². The topological polar surface area (TPSA) is 105 Å². The number of para-hydroxylation sites is 1. The fourth-order valence-electron chi connectivity index (χ4n) is 6.76. The highest BCUT2D eigenvalue weighted by Gasteiger charge is 2.46. The van der Waals surface area contributed by atoms with Gasteiger partial charge in [-0.2, -0.15) is 18.3 Å². The van der Waals surface area contributed by atoms with Crippen molar-refractivity contribution in [1.82, 2.24) is 20.0 Å². The molecule has 9 nitrogen and oxygen atoms in total. The quantitative estimate of drug-likeness (QED) is 0.155. The summed E-state index contributed by atoms with van der Waals surface area (Å²) in [6.45, 7) is 1.78. The van der Waals surface area contributed by atoms with Crippen molar-refractivity contribution < 1.29 is 36.7 Å². The molecule has 0 aliphatic carbocycles. The highest BCUT2D eigenvalue weighted by molar-refractivity contribution is 6.21. The summed E-state index contributed by atoms with van der Waals surface area (Å²) < 4.78 is 56.5. The van der Waals surface area contributed by atoms with E-state index < -0.39 is 53.1 Å².